The number of rotatable bonds is 5. The van der Waals surface area contributed by atoms with E-state index in [2.05, 4.69) is 79.2 Å². The van der Waals surface area contributed by atoms with Crippen LogP contribution in [0, 0.1) is 5.92 Å². The maximum atomic E-state index is 12.6. The fourth-order valence-corrected chi connectivity index (χ4v) is 4.28. The quantitative estimate of drug-likeness (QED) is 0.677. The molecule has 0 spiro atoms. The van der Waals surface area contributed by atoms with Crippen molar-refractivity contribution in [1.82, 2.24) is 24.6 Å². The Morgan fingerprint density at radius 2 is 1.93 bits per heavy atom. The summed E-state index contributed by atoms with van der Waals surface area (Å²) in [6, 6.07) is 9.04. The maximum Gasteiger partial charge on any atom is 0.263 e. The Balaban J connectivity index is 1.55. The van der Waals surface area contributed by atoms with Crippen LogP contribution in [0.2, 0.25) is 0 Å². The van der Waals surface area contributed by atoms with E-state index in [9.17, 15) is 4.79 Å². The van der Waals surface area contributed by atoms with E-state index < -0.39 is 0 Å². The fourth-order valence-electron chi connectivity index (χ4n) is 4.28. The summed E-state index contributed by atoms with van der Waals surface area (Å²) in [5.74, 6) is 0.972. The molecule has 160 valence electrons. The average molecular weight is 409 g/mol. The third-order valence-corrected chi connectivity index (χ3v) is 5.95. The normalized spacial score (nSPS) is 16.1. The first-order valence-corrected chi connectivity index (χ1v) is 10.8. The molecule has 0 saturated heterocycles. The smallest absolute Gasteiger partial charge is 0.263 e. The van der Waals surface area contributed by atoms with E-state index in [4.69, 9.17) is 4.98 Å². The molecule has 2 aromatic heterocycles. The highest BCUT2D eigenvalue weighted by molar-refractivity contribution is 5.74. The van der Waals surface area contributed by atoms with Crippen molar-refractivity contribution in [1.29, 1.82) is 0 Å². The van der Waals surface area contributed by atoms with Crippen LogP contribution in [-0.2, 0) is 18.5 Å². The molecule has 7 heteroatoms. The molecule has 30 heavy (non-hydrogen) atoms. The van der Waals surface area contributed by atoms with Crippen LogP contribution in [0.25, 0.3) is 11.0 Å². The van der Waals surface area contributed by atoms with Crippen LogP contribution in [0.1, 0.15) is 45.7 Å². The number of aromatic nitrogens is 4. The molecule has 1 aromatic carbocycles. The van der Waals surface area contributed by atoms with Gasteiger partial charge in [-0.2, -0.15) is 10.1 Å². The van der Waals surface area contributed by atoms with Gasteiger partial charge in [0.15, 0.2) is 5.65 Å². The Morgan fingerprint density at radius 1 is 1.20 bits per heavy atom. The van der Waals surface area contributed by atoms with Crippen LogP contribution in [0.3, 0.4) is 0 Å². The van der Waals surface area contributed by atoms with E-state index in [-0.39, 0.29) is 11.1 Å². The van der Waals surface area contributed by atoms with E-state index in [1.54, 1.807) is 6.20 Å². The number of aromatic amines is 1. The Hall–Kier alpha value is -2.67. The van der Waals surface area contributed by atoms with Crippen molar-refractivity contribution < 1.29 is 0 Å². The van der Waals surface area contributed by atoms with Gasteiger partial charge < -0.3 is 5.32 Å². The predicted octanol–water partition coefficient (Wildman–Crippen LogP) is 3.37. The lowest BCUT2D eigenvalue weighted by Gasteiger charge is -2.38. The zero-order chi connectivity index (χ0) is 21.5. The molecule has 3 heterocycles. The molecule has 4 rings (SSSR count). The van der Waals surface area contributed by atoms with Crippen LogP contribution < -0.4 is 10.9 Å². The molecular formula is C23H32N6O. The summed E-state index contributed by atoms with van der Waals surface area (Å²) in [4.78, 5) is 22.7. The molecular weight excluding hydrogens is 376 g/mol. The van der Waals surface area contributed by atoms with Gasteiger partial charge in [-0.1, -0.05) is 38.1 Å². The molecule has 3 aromatic rings. The first kappa shape index (κ1) is 20.6. The van der Waals surface area contributed by atoms with Gasteiger partial charge in [-0.15, -0.1) is 0 Å². The van der Waals surface area contributed by atoms with Crippen molar-refractivity contribution in [2.24, 2.45) is 5.92 Å². The summed E-state index contributed by atoms with van der Waals surface area (Å²) >= 11 is 0. The van der Waals surface area contributed by atoms with Gasteiger partial charge in [0.1, 0.15) is 5.39 Å². The minimum Gasteiger partial charge on any atom is -0.354 e. The largest absolute Gasteiger partial charge is 0.354 e. The predicted molar refractivity (Wildman–Crippen MR) is 121 cm³/mol. The number of anilines is 1. The molecule has 0 bridgehead atoms. The zero-order valence-corrected chi connectivity index (χ0v) is 18.6. The Morgan fingerprint density at radius 3 is 2.63 bits per heavy atom. The summed E-state index contributed by atoms with van der Waals surface area (Å²) in [7, 11) is 0. The Labute approximate surface area is 177 Å². The number of H-pyrrole nitrogens is 1. The minimum absolute atomic E-state index is 0.161. The summed E-state index contributed by atoms with van der Waals surface area (Å²) in [6.45, 7) is 13.4. The van der Waals surface area contributed by atoms with Gasteiger partial charge in [0, 0.05) is 25.7 Å². The van der Waals surface area contributed by atoms with Crippen molar-refractivity contribution >= 4 is 17.0 Å². The summed E-state index contributed by atoms with van der Waals surface area (Å²) < 4.78 is 1.81. The molecule has 1 aliphatic heterocycles. The molecule has 1 aliphatic rings. The van der Waals surface area contributed by atoms with E-state index in [0.29, 0.717) is 28.9 Å². The first-order valence-electron chi connectivity index (χ1n) is 10.8. The summed E-state index contributed by atoms with van der Waals surface area (Å²) in [5, 5.41) is 8.30. The van der Waals surface area contributed by atoms with Crippen LogP contribution in [0.5, 0.6) is 0 Å². The number of hydrogen-bond donors (Lipinski definition) is 2. The Kier molecular flexibility index (Phi) is 5.40. The maximum absolute atomic E-state index is 12.6. The standard InChI is InChI=1S/C23H32N6O/c1-15(2)19(28-11-10-16-8-6-7-9-17(16)14-28)13-24-22-26-20-18(21(30)27-22)12-25-29(20)23(3,4)5/h6-9,12,15,19H,10-11,13-14H2,1-5H3,(H2,24,26,27,30). The first-order chi connectivity index (χ1) is 14.2. The number of fused-ring (bicyclic) bond motifs is 2. The SMILES string of the molecule is CC(C)C(CNc1nc2c(cnn2C(C)(C)C)c(=O)[nH]1)N1CCc2ccccc2C1. The molecule has 7 nitrogen and oxygen atoms in total. The zero-order valence-electron chi connectivity index (χ0n) is 18.6. The third-order valence-electron chi connectivity index (χ3n) is 5.95. The number of nitrogens with zero attached hydrogens (tertiary/aromatic N) is 4. The highest BCUT2D eigenvalue weighted by Crippen LogP contribution is 2.24. The number of nitrogens with one attached hydrogen (secondary N) is 2. The second kappa shape index (κ2) is 7.87. The van der Waals surface area contributed by atoms with Crippen molar-refractivity contribution in [2.45, 2.75) is 59.2 Å². The van der Waals surface area contributed by atoms with Crippen LogP contribution >= 0.6 is 0 Å². The topological polar surface area (TPSA) is 78.8 Å². The van der Waals surface area contributed by atoms with Crippen molar-refractivity contribution in [3.8, 4) is 0 Å². The Bertz CT molecular complexity index is 1090. The molecule has 0 fully saturated rings. The van der Waals surface area contributed by atoms with Gasteiger partial charge in [0.25, 0.3) is 5.56 Å². The molecule has 2 N–H and O–H groups in total. The molecule has 0 radical (unpaired) electrons. The van der Waals surface area contributed by atoms with Gasteiger partial charge in [0.2, 0.25) is 5.95 Å². The van der Waals surface area contributed by atoms with E-state index in [0.717, 1.165) is 26.1 Å². The average Bonchev–Trinajstić information content (AvgIpc) is 3.13. The lowest BCUT2D eigenvalue weighted by atomic mass is 9.95. The number of hydrogen-bond acceptors (Lipinski definition) is 5. The van der Waals surface area contributed by atoms with E-state index >= 15 is 0 Å². The molecule has 1 unspecified atom stereocenters. The molecule has 0 amide bonds. The van der Waals surface area contributed by atoms with Crippen molar-refractivity contribution in [3.63, 3.8) is 0 Å². The highest BCUT2D eigenvalue weighted by Gasteiger charge is 2.26. The van der Waals surface area contributed by atoms with Gasteiger partial charge in [0.05, 0.1) is 11.7 Å². The van der Waals surface area contributed by atoms with E-state index in [1.165, 1.54) is 11.1 Å². The minimum atomic E-state index is -0.249. The summed E-state index contributed by atoms with van der Waals surface area (Å²) in [6.07, 6.45) is 2.67. The highest BCUT2D eigenvalue weighted by atomic mass is 16.1. The van der Waals surface area contributed by atoms with Gasteiger partial charge in [-0.3, -0.25) is 14.7 Å². The van der Waals surface area contributed by atoms with Crippen molar-refractivity contribution in [2.75, 3.05) is 18.4 Å². The lowest BCUT2D eigenvalue weighted by molar-refractivity contribution is 0.147. The molecule has 0 saturated carbocycles. The van der Waals surface area contributed by atoms with Gasteiger partial charge in [-0.25, -0.2) is 4.68 Å². The monoisotopic (exact) mass is 408 g/mol. The molecule has 0 aliphatic carbocycles. The second-order valence-corrected chi connectivity index (χ2v) is 9.56. The van der Waals surface area contributed by atoms with Gasteiger partial charge in [-0.05, 0) is 44.2 Å². The fraction of sp³-hybridized carbons (Fsp3) is 0.522. The lowest BCUT2D eigenvalue weighted by Crippen LogP contribution is -2.46. The van der Waals surface area contributed by atoms with Crippen LogP contribution in [-0.4, -0.2) is 43.8 Å². The summed E-state index contributed by atoms with van der Waals surface area (Å²) in [5.41, 5.74) is 3.07. The van der Waals surface area contributed by atoms with Crippen molar-refractivity contribution in [3.05, 3.63) is 51.9 Å². The van der Waals surface area contributed by atoms with Crippen LogP contribution in [0.4, 0.5) is 5.95 Å². The second-order valence-electron chi connectivity index (χ2n) is 9.56. The van der Waals surface area contributed by atoms with Crippen LogP contribution in [0.15, 0.2) is 35.3 Å². The third kappa shape index (κ3) is 3.99. The molecule has 1 atom stereocenters. The van der Waals surface area contributed by atoms with E-state index in [1.807, 2.05) is 4.68 Å². The van der Waals surface area contributed by atoms with Gasteiger partial charge >= 0.3 is 0 Å². The number of benzene rings is 1.